The van der Waals surface area contributed by atoms with Crippen LogP contribution in [0, 0.1) is 5.92 Å². The van der Waals surface area contributed by atoms with Crippen molar-refractivity contribution in [3.05, 3.63) is 24.4 Å². The van der Waals surface area contributed by atoms with E-state index >= 15 is 0 Å². The molecular formula is C14H23N5O. The summed E-state index contributed by atoms with van der Waals surface area (Å²) in [7, 11) is 0. The average Bonchev–Trinajstić information content (AvgIpc) is 2.48. The molecule has 2 heterocycles. The lowest BCUT2D eigenvalue weighted by atomic mass is 9.91. The average molecular weight is 277 g/mol. The van der Waals surface area contributed by atoms with Crippen molar-refractivity contribution < 1.29 is 4.79 Å². The van der Waals surface area contributed by atoms with Crippen LogP contribution in [-0.2, 0) is 4.79 Å². The van der Waals surface area contributed by atoms with E-state index in [1.807, 2.05) is 12.1 Å². The number of amides is 1. The number of carbonyl (C=O) groups is 1. The molecule has 6 nitrogen and oxygen atoms in total. The molecule has 6 heteroatoms. The number of aromatic nitrogens is 1. The van der Waals surface area contributed by atoms with E-state index in [4.69, 9.17) is 5.73 Å². The molecule has 2 atom stereocenters. The van der Waals surface area contributed by atoms with Gasteiger partial charge in [-0.25, -0.2) is 4.98 Å². The molecule has 1 saturated heterocycles. The fraction of sp³-hybridized carbons (Fsp3) is 0.571. The number of nitrogens with one attached hydrogen (secondary N) is 2. The molecule has 2 unspecified atom stereocenters. The molecular weight excluding hydrogens is 254 g/mol. The third kappa shape index (κ3) is 4.18. The molecule has 1 fully saturated rings. The summed E-state index contributed by atoms with van der Waals surface area (Å²) >= 11 is 0. The molecule has 0 aliphatic carbocycles. The number of nitrogens with two attached hydrogens (primary N) is 1. The Kier molecular flexibility index (Phi) is 5.31. The predicted octanol–water partition coefficient (Wildman–Crippen LogP) is 0.584. The van der Waals surface area contributed by atoms with E-state index in [-0.39, 0.29) is 11.9 Å². The van der Waals surface area contributed by atoms with Crippen molar-refractivity contribution in [2.45, 2.75) is 25.8 Å². The Bertz CT molecular complexity index is 425. The van der Waals surface area contributed by atoms with Gasteiger partial charge in [0.15, 0.2) is 0 Å². The Balaban J connectivity index is 1.74. The maximum absolute atomic E-state index is 11.9. The molecule has 2 rings (SSSR count). The van der Waals surface area contributed by atoms with Gasteiger partial charge in [-0.2, -0.15) is 0 Å². The predicted molar refractivity (Wildman–Crippen MR) is 78.8 cm³/mol. The van der Waals surface area contributed by atoms with Gasteiger partial charge >= 0.3 is 0 Å². The Labute approximate surface area is 119 Å². The van der Waals surface area contributed by atoms with Crippen LogP contribution in [0.15, 0.2) is 24.4 Å². The quantitative estimate of drug-likeness (QED) is 0.686. The molecule has 1 aliphatic heterocycles. The molecule has 1 aliphatic rings. The van der Waals surface area contributed by atoms with Gasteiger partial charge in [-0.1, -0.05) is 19.4 Å². The Morgan fingerprint density at radius 1 is 1.55 bits per heavy atom. The van der Waals surface area contributed by atoms with E-state index in [9.17, 15) is 4.79 Å². The molecule has 4 N–H and O–H groups in total. The fourth-order valence-corrected chi connectivity index (χ4v) is 2.51. The lowest BCUT2D eigenvalue weighted by molar-refractivity contribution is -0.122. The molecule has 0 spiro atoms. The lowest BCUT2D eigenvalue weighted by Crippen LogP contribution is -2.50. The maximum Gasteiger partial charge on any atom is 0.252 e. The first-order valence-electron chi connectivity index (χ1n) is 7.13. The molecule has 0 radical (unpaired) electrons. The second-order valence-electron chi connectivity index (χ2n) is 5.24. The van der Waals surface area contributed by atoms with Crippen LogP contribution in [0.25, 0.3) is 0 Å². The van der Waals surface area contributed by atoms with Crippen molar-refractivity contribution in [1.82, 2.24) is 15.3 Å². The molecule has 1 amide bonds. The largest absolute Gasteiger partial charge is 0.327 e. The van der Waals surface area contributed by atoms with Crippen LogP contribution in [0.5, 0.6) is 0 Å². The van der Waals surface area contributed by atoms with Gasteiger partial charge < -0.3 is 5.73 Å². The molecule has 0 bridgehead atoms. The Hall–Kier alpha value is -1.66. The van der Waals surface area contributed by atoms with Crippen molar-refractivity contribution in [3.63, 3.8) is 0 Å². The molecule has 0 saturated carbocycles. The van der Waals surface area contributed by atoms with Crippen LogP contribution >= 0.6 is 0 Å². The van der Waals surface area contributed by atoms with E-state index in [1.54, 1.807) is 12.3 Å². The molecule has 110 valence electrons. The van der Waals surface area contributed by atoms with Gasteiger partial charge in [-0.05, 0) is 24.5 Å². The van der Waals surface area contributed by atoms with Crippen molar-refractivity contribution in [2.24, 2.45) is 11.7 Å². The number of anilines is 1. The normalized spacial score (nSPS) is 23.3. The number of hydrazine groups is 1. The first-order chi connectivity index (χ1) is 9.69. The van der Waals surface area contributed by atoms with Crippen molar-refractivity contribution >= 4 is 11.7 Å². The van der Waals surface area contributed by atoms with Gasteiger partial charge in [-0.15, -0.1) is 0 Å². The first-order valence-corrected chi connectivity index (χ1v) is 7.13. The minimum Gasteiger partial charge on any atom is -0.327 e. The zero-order valence-electron chi connectivity index (χ0n) is 11.9. The first kappa shape index (κ1) is 14.7. The second kappa shape index (κ2) is 7.21. The van der Waals surface area contributed by atoms with Crippen LogP contribution in [-0.4, -0.2) is 41.5 Å². The van der Waals surface area contributed by atoms with Crippen LogP contribution < -0.4 is 16.6 Å². The van der Waals surface area contributed by atoms with Crippen LogP contribution in [0.1, 0.15) is 19.8 Å². The Morgan fingerprint density at radius 2 is 2.40 bits per heavy atom. The SMILES string of the molecule is CCC1CN(CC(=O)NNc2ccccn2)CCC1N. The molecule has 20 heavy (non-hydrogen) atoms. The maximum atomic E-state index is 11.9. The van der Waals surface area contributed by atoms with Gasteiger partial charge in [0.2, 0.25) is 0 Å². The topological polar surface area (TPSA) is 83.3 Å². The number of hydrogen-bond donors (Lipinski definition) is 3. The van der Waals surface area contributed by atoms with Crippen molar-refractivity contribution in [2.75, 3.05) is 25.1 Å². The summed E-state index contributed by atoms with van der Waals surface area (Å²) in [6.07, 6.45) is 3.69. The summed E-state index contributed by atoms with van der Waals surface area (Å²) in [5.41, 5.74) is 11.5. The number of likely N-dealkylation sites (tertiary alicyclic amines) is 1. The zero-order valence-corrected chi connectivity index (χ0v) is 11.9. The summed E-state index contributed by atoms with van der Waals surface area (Å²) in [5, 5.41) is 0. The van der Waals surface area contributed by atoms with Crippen molar-refractivity contribution in [1.29, 1.82) is 0 Å². The second-order valence-corrected chi connectivity index (χ2v) is 5.24. The monoisotopic (exact) mass is 277 g/mol. The third-order valence-electron chi connectivity index (χ3n) is 3.76. The zero-order chi connectivity index (χ0) is 14.4. The Morgan fingerprint density at radius 3 is 3.10 bits per heavy atom. The van der Waals surface area contributed by atoms with Crippen LogP contribution in [0.3, 0.4) is 0 Å². The highest BCUT2D eigenvalue weighted by molar-refractivity contribution is 5.79. The van der Waals surface area contributed by atoms with Crippen LogP contribution in [0.2, 0.25) is 0 Å². The van der Waals surface area contributed by atoms with Gasteiger partial charge in [0.05, 0.1) is 6.54 Å². The highest BCUT2D eigenvalue weighted by atomic mass is 16.2. The molecule has 0 aromatic carbocycles. The van der Waals surface area contributed by atoms with Gasteiger partial charge in [0.1, 0.15) is 5.82 Å². The number of rotatable bonds is 5. The fourth-order valence-electron chi connectivity index (χ4n) is 2.51. The minimum atomic E-state index is -0.0547. The van der Waals surface area contributed by atoms with E-state index in [2.05, 4.69) is 27.7 Å². The van der Waals surface area contributed by atoms with E-state index in [0.29, 0.717) is 18.3 Å². The third-order valence-corrected chi connectivity index (χ3v) is 3.76. The highest BCUT2D eigenvalue weighted by Gasteiger charge is 2.26. The summed E-state index contributed by atoms with van der Waals surface area (Å²) < 4.78 is 0. The van der Waals surface area contributed by atoms with Crippen LogP contribution in [0.4, 0.5) is 5.82 Å². The molecule has 1 aromatic heterocycles. The lowest BCUT2D eigenvalue weighted by Gasteiger charge is -2.36. The highest BCUT2D eigenvalue weighted by Crippen LogP contribution is 2.17. The number of nitrogens with zero attached hydrogens (tertiary/aromatic N) is 2. The number of piperidine rings is 1. The summed E-state index contributed by atoms with van der Waals surface area (Å²) in [6, 6.07) is 5.76. The van der Waals surface area contributed by atoms with E-state index < -0.39 is 0 Å². The summed E-state index contributed by atoms with van der Waals surface area (Å²) in [4.78, 5) is 18.1. The van der Waals surface area contributed by atoms with Gasteiger partial charge in [0, 0.05) is 25.3 Å². The van der Waals surface area contributed by atoms with E-state index in [0.717, 1.165) is 25.9 Å². The molecule has 1 aromatic rings. The minimum absolute atomic E-state index is 0.0547. The van der Waals surface area contributed by atoms with Gasteiger partial charge in [0.25, 0.3) is 5.91 Å². The number of carbonyl (C=O) groups excluding carboxylic acids is 1. The van der Waals surface area contributed by atoms with E-state index in [1.165, 1.54) is 0 Å². The summed E-state index contributed by atoms with van der Waals surface area (Å²) in [6.45, 7) is 4.32. The van der Waals surface area contributed by atoms with Crippen molar-refractivity contribution in [3.8, 4) is 0 Å². The number of hydrogen-bond acceptors (Lipinski definition) is 5. The number of pyridine rings is 1. The standard InChI is InChI=1S/C14H23N5O/c1-2-11-9-19(8-6-12(11)15)10-14(20)18-17-13-5-3-4-7-16-13/h3-5,7,11-12H,2,6,8-10,15H2,1H3,(H,16,17)(H,18,20). The summed E-state index contributed by atoms with van der Waals surface area (Å²) in [5.74, 6) is 1.06. The van der Waals surface area contributed by atoms with Gasteiger partial charge in [-0.3, -0.25) is 20.5 Å². The smallest absolute Gasteiger partial charge is 0.252 e.